The Kier molecular flexibility index (Phi) is 10.0. The molecule has 0 aliphatic carbocycles. The van der Waals surface area contributed by atoms with Gasteiger partial charge >= 0.3 is 0 Å². The van der Waals surface area contributed by atoms with E-state index in [4.69, 9.17) is 18.9 Å². The summed E-state index contributed by atoms with van der Waals surface area (Å²) in [5.41, 5.74) is 0.216. The molecule has 0 radical (unpaired) electrons. The Morgan fingerprint density at radius 3 is 1.81 bits per heavy atom. The van der Waals surface area contributed by atoms with E-state index >= 15 is 0 Å². The zero-order chi connectivity index (χ0) is 30.7. The van der Waals surface area contributed by atoms with Crippen LogP contribution >= 0.6 is 0 Å². The van der Waals surface area contributed by atoms with Crippen LogP contribution in [0.4, 0.5) is 0 Å². The van der Waals surface area contributed by atoms with Crippen LogP contribution in [0.3, 0.4) is 0 Å². The van der Waals surface area contributed by atoms with Crippen LogP contribution in [0.15, 0.2) is 42.5 Å². The molecule has 2 aromatic rings. The number of aromatic hydroxyl groups is 2. The summed E-state index contributed by atoms with van der Waals surface area (Å²) in [4.78, 5) is 13.1. The van der Waals surface area contributed by atoms with Crippen LogP contribution in [0, 0.1) is 0 Å². The fourth-order valence-corrected chi connectivity index (χ4v) is 4.38. The molecule has 0 unspecified atom stereocenters. The van der Waals surface area contributed by atoms with Crippen molar-refractivity contribution < 1.29 is 74.8 Å². The number of phenolic OH excluding ortho intramolecular Hbond substituents is 2. The Bertz CT molecular complexity index is 1260. The van der Waals surface area contributed by atoms with E-state index in [1.54, 1.807) is 0 Å². The first-order valence-electron chi connectivity index (χ1n) is 12.8. The van der Waals surface area contributed by atoms with Crippen molar-refractivity contribution in [3.05, 3.63) is 53.6 Å². The van der Waals surface area contributed by atoms with Gasteiger partial charge in [-0.3, -0.25) is 4.79 Å². The van der Waals surface area contributed by atoms with Crippen LogP contribution in [0.1, 0.15) is 15.9 Å². The summed E-state index contributed by atoms with van der Waals surface area (Å²) >= 11 is 0. The van der Waals surface area contributed by atoms with Crippen LogP contribution in [0.2, 0.25) is 0 Å². The van der Waals surface area contributed by atoms with Gasteiger partial charge in [0.25, 0.3) is 0 Å². The number of ether oxygens (including phenoxy) is 4. The summed E-state index contributed by atoms with van der Waals surface area (Å²) in [5, 5.41) is 99.3. The second kappa shape index (κ2) is 13.3. The van der Waals surface area contributed by atoms with Crippen LogP contribution in [-0.2, 0) is 9.47 Å². The summed E-state index contributed by atoms with van der Waals surface area (Å²) in [7, 11) is 0. The molecular formula is C27H32O15. The highest BCUT2D eigenvalue weighted by Crippen LogP contribution is 2.33. The number of aliphatic hydroxyl groups excluding tert-OH is 8. The van der Waals surface area contributed by atoms with E-state index in [0.29, 0.717) is 5.56 Å². The third kappa shape index (κ3) is 6.66. The maximum Gasteiger partial charge on any atom is 0.229 e. The lowest BCUT2D eigenvalue weighted by Crippen LogP contribution is -2.60. The lowest BCUT2D eigenvalue weighted by Gasteiger charge is -2.39. The van der Waals surface area contributed by atoms with Gasteiger partial charge < -0.3 is 70.0 Å². The van der Waals surface area contributed by atoms with Crippen LogP contribution in [0.5, 0.6) is 23.0 Å². The largest absolute Gasteiger partial charge is 0.508 e. The highest BCUT2D eigenvalue weighted by molar-refractivity contribution is 6.08. The molecule has 2 heterocycles. The smallest absolute Gasteiger partial charge is 0.229 e. The molecule has 0 aromatic heterocycles. The first-order chi connectivity index (χ1) is 19.9. The third-order valence-corrected chi connectivity index (χ3v) is 6.82. The van der Waals surface area contributed by atoms with Crippen molar-refractivity contribution in [3.8, 4) is 23.0 Å². The van der Waals surface area contributed by atoms with Crippen molar-refractivity contribution in [3.63, 3.8) is 0 Å². The fraction of sp³-hybridized carbons (Fsp3) is 0.444. The number of benzene rings is 2. The van der Waals surface area contributed by atoms with E-state index in [9.17, 15) is 55.9 Å². The predicted molar refractivity (Wildman–Crippen MR) is 138 cm³/mol. The van der Waals surface area contributed by atoms with Crippen molar-refractivity contribution in [2.24, 2.45) is 0 Å². The van der Waals surface area contributed by atoms with E-state index in [-0.39, 0.29) is 28.6 Å². The van der Waals surface area contributed by atoms with Gasteiger partial charge in [-0.05, 0) is 35.9 Å². The Labute approximate surface area is 238 Å². The summed E-state index contributed by atoms with van der Waals surface area (Å²) in [6, 6.07) is 7.41. The Hall–Kier alpha value is -3.35. The normalized spacial score (nSPS) is 33.4. The molecule has 10 N–H and O–H groups in total. The maximum absolute atomic E-state index is 13.1. The summed E-state index contributed by atoms with van der Waals surface area (Å²) in [6.07, 6.45) is -13.4. The maximum atomic E-state index is 13.1. The van der Waals surface area contributed by atoms with E-state index < -0.39 is 80.4 Å². The van der Waals surface area contributed by atoms with E-state index in [1.807, 2.05) is 0 Å². The number of rotatable bonds is 9. The Balaban J connectivity index is 1.51. The number of phenols is 2. The quantitative estimate of drug-likeness (QED) is 0.105. The average molecular weight is 597 g/mol. The van der Waals surface area contributed by atoms with Crippen molar-refractivity contribution in [2.45, 2.75) is 61.4 Å². The minimum atomic E-state index is -1.76. The van der Waals surface area contributed by atoms with Crippen LogP contribution in [0.25, 0.3) is 6.08 Å². The number of carbonyl (C=O) groups excluding carboxylic acids is 1. The average Bonchev–Trinajstić information content (AvgIpc) is 2.97. The van der Waals surface area contributed by atoms with E-state index in [0.717, 1.165) is 12.1 Å². The Morgan fingerprint density at radius 2 is 1.26 bits per heavy atom. The molecule has 2 fully saturated rings. The predicted octanol–water partition coefficient (Wildman–Crippen LogP) is -2.65. The van der Waals surface area contributed by atoms with Gasteiger partial charge in [-0.15, -0.1) is 0 Å². The lowest BCUT2D eigenvalue weighted by molar-refractivity contribution is -0.277. The van der Waals surface area contributed by atoms with Crippen molar-refractivity contribution in [1.29, 1.82) is 0 Å². The van der Waals surface area contributed by atoms with Crippen LogP contribution < -0.4 is 9.47 Å². The SMILES string of the molecule is O=C(/C=C/c1ccc(O)c(O[C@@H]2O[C@H](CO)[C@@H](O)[C@@H](O)[C@H]2O)c1)c1ccc(O)cc1O[C@@H]1O[C@@H](CO)[C@@H](O)[C@H](O)[C@@H]1O. The number of allylic oxidation sites excluding steroid dienone is 1. The topological polar surface area (TPSA) is 256 Å². The molecule has 2 aliphatic heterocycles. The molecule has 0 saturated carbocycles. The monoisotopic (exact) mass is 596 g/mol. The molecule has 15 heteroatoms. The third-order valence-electron chi connectivity index (χ3n) is 6.82. The number of hydrogen-bond acceptors (Lipinski definition) is 15. The van der Waals surface area contributed by atoms with Gasteiger partial charge in [-0.2, -0.15) is 0 Å². The van der Waals surface area contributed by atoms with Gasteiger partial charge in [0.05, 0.1) is 18.8 Å². The van der Waals surface area contributed by atoms with Crippen molar-refractivity contribution in [2.75, 3.05) is 13.2 Å². The molecule has 42 heavy (non-hydrogen) atoms. The van der Waals surface area contributed by atoms with Gasteiger partial charge in [0.2, 0.25) is 12.6 Å². The minimum Gasteiger partial charge on any atom is -0.508 e. The second-order valence-electron chi connectivity index (χ2n) is 9.74. The van der Waals surface area contributed by atoms with Gasteiger partial charge in [0, 0.05) is 6.07 Å². The molecule has 2 saturated heterocycles. The van der Waals surface area contributed by atoms with Gasteiger partial charge in [0.15, 0.2) is 17.3 Å². The van der Waals surface area contributed by atoms with Crippen LogP contribution in [-0.4, -0.2) is 131 Å². The zero-order valence-electron chi connectivity index (χ0n) is 21.8. The molecular weight excluding hydrogens is 564 g/mol. The minimum absolute atomic E-state index is 0.0995. The van der Waals surface area contributed by atoms with E-state index in [1.165, 1.54) is 36.4 Å². The summed E-state index contributed by atoms with van der Waals surface area (Å²) < 4.78 is 21.6. The molecule has 0 amide bonds. The zero-order valence-corrected chi connectivity index (χ0v) is 21.8. The van der Waals surface area contributed by atoms with Crippen molar-refractivity contribution >= 4 is 11.9 Å². The van der Waals surface area contributed by atoms with Gasteiger partial charge in [0.1, 0.15) is 60.3 Å². The summed E-state index contributed by atoms with van der Waals surface area (Å²) in [5.74, 6) is -1.80. The Morgan fingerprint density at radius 1 is 0.714 bits per heavy atom. The molecule has 2 aliphatic rings. The molecule has 230 valence electrons. The van der Waals surface area contributed by atoms with E-state index in [2.05, 4.69) is 0 Å². The number of hydrogen-bond donors (Lipinski definition) is 10. The fourth-order valence-electron chi connectivity index (χ4n) is 4.38. The molecule has 15 nitrogen and oxygen atoms in total. The highest BCUT2D eigenvalue weighted by Gasteiger charge is 2.46. The first kappa shape index (κ1) is 31.6. The highest BCUT2D eigenvalue weighted by atomic mass is 16.7. The number of carbonyl (C=O) groups is 1. The first-order valence-corrected chi connectivity index (χ1v) is 12.8. The van der Waals surface area contributed by atoms with Gasteiger partial charge in [-0.1, -0.05) is 12.1 Å². The second-order valence-corrected chi connectivity index (χ2v) is 9.74. The lowest BCUT2D eigenvalue weighted by atomic mass is 9.99. The standard InChI is InChI=1S/C27H32O15/c28-9-18-20(33)22(35)24(37)26(41-18)39-16-8-12(30)3-4-13(16)14(31)5-1-11-2-6-15(32)17(7-11)40-27-25(38)23(36)21(34)19(10-29)42-27/h1-8,18-30,32-38H,9-10H2/b5-1+/t18-,19+,20+,21+,22-,23+,24-,25+,26+,27+/m0/s1. The van der Waals surface area contributed by atoms with Crippen molar-refractivity contribution in [1.82, 2.24) is 0 Å². The summed E-state index contributed by atoms with van der Waals surface area (Å²) in [6.45, 7) is -1.38. The molecule has 0 bridgehead atoms. The number of ketones is 1. The van der Waals surface area contributed by atoms with Gasteiger partial charge in [-0.25, -0.2) is 0 Å². The molecule has 2 aromatic carbocycles. The molecule has 0 spiro atoms. The molecule has 4 rings (SSSR count). The number of aliphatic hydroxyl groups is 8. The molecule has 10 atom stereocenters.